The maximum absolute atomic E-state index is 11.1. The van der Waals surface area contributed by atoms with E-state index in [4.69, 9.17) is 14.9 Å². The van der Waals surface area contributed by atoms with E-state index >= 15 is 0 Å². The smallest absolute Gasteiger partial charge is 0.316 e. The summed E-state index contributed by atoms with van der Waals surface area (Å²) in [5.74, 6) is 0.247. The Kier molecular flexibility index (Phi) is 6.15. The number of aliphatic hydroxyl groups is 2. The van der Waals surface area contributed by atoms with Crippen LogP contribution in [0.4, 0.5) is 0 Å². The van der Waals surface area contributed by atoms with E-state index < -0.39 is 11.7 Å². The van der Waals surface area contributed by atoms with Crippen LogP contribution in [0.3, 0.4) is 0 Å². The molecule has 1 atom stereocenters. The Labute approximate surface area is 88.6 Å². The van der Waals surface area contributed by atoms with Gasteiger partial charge in [-0.2, -0.15) is 0 Å². The van der Waals surface area contributed by atoms with Crippen LogP contribution in [0, 0.1) is 0 Å². The molecule has 4 nitrogen and oxygen atoms in total. The number of thioether (sulfide) groups is 1. The molecule has 0 bridgehead atoms. The van der Waals surface area contributed by atoms with Crippen LogP contribution in [0.15, 0.2) is 0 Å². The lowest BCUT2D eigenvalue weighted by molar-refractivity contribution is -0.151. The van der Waals surface area contributed by atoms with Crippen molar-refractivity contribution in [2.24, 2.45) is 0 Å². The van der Waals surface area contributed by atoms with Crippen LogP contribution in [-0.4, -0.2) is 46.0 Å². The molecule has 0 rings (SSSR count). The fourth-order valence-corrected chi connectivity index (χ4v) is 1.42. The molecule has 0 fully saturated rings. The summed E-state index contributed by atoms with van der Waals surface area (Å²) in [6.07, 6.45) is -0.762. The number of rotatable bonds is 5. The second kappa shape index (κ2) is 6.27. The summed E-state index contributed by atoms with van der Waals surface area (Å²) in [4.78, 5) is 11.1. The molecule has 0 amide bonds. The summed E-state index contributed by atoms with van der Waals surface area (Å²) < 4.78 is 5.05. The van der Waals surface area contributed by atoms with Gasteiger partial charge < -0.3 is 14.9 Å². The molecule has 0 saturated heterocycles. The minimum Gasteiger partial charge on any atom is -0.459 e. The normalized spacial score (nSPS) is 13.8. The van der Waals surface area contributed by atoms with E-state index in [0.717, 1.165) is 0 Å². The third-order valence-corrected chi connectivity index (χ3v) is 2.22. The summed E-state index contributed by atoms with van der Waals surface area (Å²) in [5.41, 5.74) is -0.465. The molecule has 0 aromatic rings. The van der Waals surface area contributed by atoms with E-state index in [9.17, 15) is 4.79 Å². The fourth-order valence-electron chi connectivity index (χ4n) is 0.702. The Hall–Kier alpha value is -0.260. The molecule has 0 aliphatic carbocycles. The van der Waals surface area contributed by atoms with Crippen molar-refractivity contribution in [2.75, 3.05) is 18.1 Å². The van der Waals surface area contributed by atoms with Gasteiger partial charge in [0, 0.05) is 5.75 Å². The molecular weight excluding hydrogens is 204 g/mol. The minimum atomic E-state index is -0.762. The van der Waals surface area contributed by atoms with Crippen LogP contribution in [-0.2, 0) is 9.53 Å². The van der Waals surface area contributed by atoms with Crippen molar-refractivity contribution in [1.82, 2.24) is 0 Å². The molecule has 0 heterocycles. The summed E-state index contributed by atoms with van der Waals surface area (Å²) in [5, 5.41) is 17.5. The van der Waals surface area contributed by atoms with Crippen LogP contribution >= 0.6 is 11.8 Å². The summed E-state index contributed by atoms with van der Waals surface area (Å²) >= 11 is 1.25. The Bertz CT molecular complexity index is 176. The average Bonchev–Trinajstić information content (AvgIpc) is 2.00. The van der Waals surface area contributed by atoms with E-state index in [0.29, 0.717) is 5.75 Å². The third kappa shape index (κ3) is 8.34. The van der Waals surface area contributed by atoms with Gasteiger partial charge in [0.2, 0.25) is 0 Å². The van der Waals surface area contributed by atoms with Gasteiger partial charge >= 0.3 is 5.97 Å². The van der Waals surface area contributed by atoms with Crippen molar-refractivity contribution in [3.63, 3.8) is 0 Å². The number of hydrogen-bond donors (Lipinski definition) is 2. The lowest BCUT2D eigenvalue weighted by atomic mass is 10.2. The predicted octanol–water partition coefficient (Wildman–Crippen LogP) is 0.414. The number of carbonyl (C=O) groups is 1. The van der Waals surface area contributed by atoms with Gasteiger partial charge in [0.05, 0.1) is 18.5 Å². The van der Waals surface area contributed by atoms with E-state index in [1.54, 1.807) is 20.8 Å². The molecule has 5 heteroatoms. The lowest BCUT2D eigenvalue weighted by Crippen LogP contribution is -2.25. The fraction of sp³-hybridized carbons (Fsp3) is 0.889. The maximum atomic E-state index is 11.1. The van der Waals surface area contributed by atoms with E-state index in [1.165, 1.54) is 11.8 Å². The molecular formula is C9H18O4S. The molecule has 14 heavy (non-hydrogen) atoms. The molecule has 2 N–H and O–H groups in total. The highest BCUT2D eigenvalue weighted by molar-refractivity contribution is 7.99. The SMILES string of the molecule is CC(C)(C)OC(=O)CSCC(O)CO. The van der Waals surface area contributed by atoms with Gasteiger partial charge in [-0.05, 0) is 20.8 Å². The first kappa shape index (κ1) is 13.7. The van der Waals surface area contributed by atoms with Gasteiger partial charge in [-0.25, -0.2) is 0 Å². The molecule has 0 aromatic heterocycles. The second-order valence-corrected chi connectivity index (χ2v) is 4.97. The van der Waals surface area contributed by atoms with Crippen molar-refractivity contribution in [3.8, 4) is 0 Å². The molecule has 0 spiro atoms. The summed E-state index contributed by atoms with van der Waals surface area (Å²) in [6.45, 7) is 5.13. The number of ether oxygens (including phenoxy) is 1. The van der Waals surface area contributed by atoms with E-state index in [1.807, 2.05) is 0 Å². The third-order valence-electron chi connectivity index (χ3n) is 1.16. The van der Waals surface area contributed by atoms with E-state index in [-0.39, 0.29) is 18.3 Å². The van der Waals surface area contributed by atoms with Gasteiger partial charge in [0.15, 0.2) is 0 Å². The van der Waals surface area contributed by atoms with Gasteiger partial charge in [0.25, 0.3) is 0 Å². The molecule has 0 aliphatic heterocycles. The molecule has 0 radical (unpaired) electrons. The zero-order valence-electron chi connectivity index (χ0n) is 8.82. The topological polar surface area (TPSA) is 66.8 Å². The maximum Gasteiger partial charge on any atom is 0.316 e. The highest BCUT2D eigenvalue weighted by Gasteiger charge is 2.16. The number of aliphatic hydroxyl groups excluding tert-OH is 2. The van der Waals surface area contributed by atoms with E-state index in [2.05, 4.69) is 0 Å². The first-order valence-corrected chi connectivity index (χ1v) is 5.59. The van der Waals surface area contributed by atoms with Crippen molar-refractivity contribution < 1.29 is 19.7 Å². The van der Waals surface area contributed by atoms with Crippen molar-refractivity contribution in [2.45, 2.75) is 32.5 Å². The molecule has 0 saturated carbocycles. The van der Waals surface area contributed by atoms with Gasteiger partial charge in [-0.3, -0.25) is 4.79 Å². The van der Waals surface area contributed by atoms with Crippen molar-refractivity contribution >= 4 is 17.7 Å². The second-order valence-electron chi connectivity index (χ2n) is 3.94. The van der Waals surface area contributed by atoms with Gasteiger partial charge in [0.1, 0.15) is 5.60 Å². The van der Waals surface area contributed by atoms with Gasteiger partial charge in [-0.1, -0.05) is 0 Å². The highest BCUT2D eigenvalue weighted by Crippen LogP contribution is 2.10. The zero-order chi connectivity index (χ0) is 11.2. The van der Waals surface area contributed by atoms with Crippen LogP contribution in [0.1, 0.15) is 20.8 Å². The van der Waals surface area contributed by atoms with Crippen LogP contribution < -0.4 is 0 Å². The van der Waals surface area contributed by atoms with Crippen molar-refractivity contribution in [3.05, 3.63) is 0 Å². The predicted molar refractivity (Wildman–Crippen MR) is 56.3 cm³/mol. The Morgan fingerprint density at radius 2 is 2.07 bits per heavy atom. The van der Waals surface area contributed by atoms with Crippen LogP contribution in [0.25, 0.3) is 0 Å². The van der Waals surface area contributed by atoms with Crippen LogP contribution in [0.5, 0.6) is 0 Å². The first-order chi connectivity index (χ1) is 6.35. The lowest BCUT2D eigenvalue weighted by Gasteiger charge is -2.19. The largest absolute Gasteiger partial charge is 0.459 e. The molecule has 84 valence electrons. The first-order valence-electron chi connectivity index (χ1n) is 4.43. The minimum absolute atomic E-state index is 0.203. The molecule has 0 aliphatic rings. The number of carbonyl (C=O) groups excluding carboxylic acids is 1. The Morgan fingerprint density at radius 3 is 2.50 bits per heavy atom. The number of esters is 1. The zero-order valence-corrected chi connectivity index (χ0v) is 9.63. The molecule has 1 unspecified atom stereocenters. The van der Waals surface area contributed by atoms with Gasteiger partial charge in [-0.15, -0.1) is 11.8 Å². The Morgan fingerprint density at radius 1 is 1.50 bits per heavy atom. The quantitative estimate of drug-likeness (QED) is 0.660. The number of hydrogen-bond acceptors (Lipinski definition) is 5. The highest BCUT2D eigenvalue weighted by atomic mass is 32.2. The van der Waals surface area contributed by atoms with Crippen molar-refractivity contribution in [1.29, 1.82) is 0 Å². The monoisotopic (exact) mass is 222 g/mol. The van der Waals surface area contributed by atoms with Crippen LogP contribution in [0.2, 0.25) is 0 Å². The standard InChI is InChI=1S/C9H18O4S/c1-9(2,3)13-8(12)6-14-5-7(11)4-10/h7,10-11H,4-6H2,1-3H3. The average molecular weight is 222 g/mol. The summed E-state index contributed by atoms with van der Waals surface area (Å²) in [7, 11) is 0. The molecule has 0 aromatic carbocycles. The summed E-state index contributed by atoms with van der Waals surface area (Å²) in [6, 6.07) is 0. The Balaban J connectivity index is 3.55.